The zero-order valence-corrected chi connectivity index (χ0v) is 15.3. The Hall–Kier alpha value is -1.59. The van der Waals surface area contributed by atoms with Crippen LogP contribution in [0.25, 0.3) is 0 Å². The molecule has 2 atom stereocenters. The summed E-state index contributed by atoms with van der Waals surface area (Å²) >= 11 is 0. The predicted octanol–water partition coefficient (Wildman–Crippen LogP) is 3.53. The number of nitrogens with one attached hydrogen (secondary N) is 1. The number of carbonyl (C=O) groups is 3. The minimum Gasteiger partial charge on any atom is -0.481 e. The number of ether oxygens (including phenoxy) is 1. The second-order valence-corrected chi connectivity index (χ2v) is 7.62. The van der Waals surface area contributed by atoms with Gasteiger partial charge in [-0.1, -0.05) is 26.2 Å². The zero-order valence-electron chi connectivity index (χ0n) is 15.3. The fraction of sp³-hybridized carbons (Fsp3) is 0.833. The summed E-state index contributed by atoms with van der Waals surface area (Å²) in [7, 11) is 0. The molecule has 0 bridgehead atoms. The molecule has 1 saturated carbocycles. The summed E-state index contributed by atoms with van der Waals surface area (Å²) in [5.41, 5.74) is -0.613. The number of hydrogen-bond acceptors (Lipinski definition) is 4. The highest BCUT2D eigenvalue weighted by Crippen LogP contribution is 2.29. The average molecular weight is 341 g/mol. The minimum atomic E-state index is -1.10. The lowest BCUT2D eigenvalue weighted by Crippen LogP contribution is -2.45. The monoisotopic (exact) mass is 341 g/mol. The van der Waals surface area contributed by atoms with Gasteiger partial charge in [0.05, 0.1) is 0 Å². The average Bonchev–Trinajstić information content (AvgIpc) is 2.45. The molecule has 1 aliphatic rings. The van der Waals surface area contributed by atoms with Crippen molar-refractivity contribution in [3.05, 3.63) is 0 Å². The van der Waals surface area contributed by atoms with Gasteiger partial charge in [0.15, 0.2) is 0 Å². The Morgan fingerprint density at radius 1 is 1.17 bits per heavy atom. The fourth-order valence-corrected chi connectivity index (χ4v) is 3.23. The first kappa shape index (κ1) is 20.5. The number of Topliss-reactive ketones (excluding diaryl/α,β-unsaturated/α-hetero) is 1. The van der Waals surface area contributed by atoms with Crippen LogP contribution in [-0.4, -0.2) is 34.6 Å². The lowest BCUT2D eigenvalue weighted by atomic mass is 9.80. The van der Waals surface area contributed by atoms with Crippen molar-refractivity contribution in [3.8, 4) is 0 Å². The van der Waals surface area contributed by atoms with Crippen molar-refractivity contribution in [2.24, 2.45) is 11.8 Å². The Labute approximate surface area is 144 Å². The van der Waals surface area contributed by atoms with Crippen molar-refractivity contribution < 1.29 is 24.2 Å². The van der Waals surface area contributed by atoms with E-state index in [4.69, 9.17) is 9.84 Å². The van der Waals surface area contributed by atoms with Crippen molar-refractivity contribution in [2.45, 2.75) is 84.3 Å². The maximum absolute atomic E-state index is 12.4. The maximum Gasteiger partial charge on any atom is 0.407 e. The number of alkyl carbamates (subject to hydrolysis) is 1. The molecule has 2 N–H and O–H groups in total. The number of carbonyl (C=O) groups excluding carboxylic acids is 2. The Bertz CT molecular complexity index is 449. The molecule has 6 heteroatoms. The first-order chi connectivity index (χ1) is 11.1. The molecule has 0 heterocycles. The van der Waals surface area contributed by atoms with Crippen LogP contribution in [0.3, 0.4) is 0 Å². The molecule has 138 valence electrons. The molecule has 0 aromatic carbocycles. The SMILES string of the molecule is CCC(C(=O)O)C(=O)CC(NC(=O)OC(C)(C)C)C1CCCCC1. The topological polar surface area (TPSA) is 92.7 Å². The van der Waals surface area contributed by atoms with Crippen LogP contribution in [0, 0.1) is 11.8 Å². The number of ketones is 1. The summed E-state index contributed by atoms with van der Waals surface area (Å²) in [4.78, 5) is 35.7. The van der Waals surface area contributed by atoms with E-state index in [1.165, 1.54) is 0 Å². The van der Waals surface area contributed by atoms with Crippen molar-refractivity contribution in [1.82, 2.24) is 5.32 Å². The van der Waals surface area contributed by atoms with Crippen LogP contribution in [0.4, 0.5) is 4.79 Å². The molecule has 0 aromatic rings. The van der Waals surface area contributed by atoms with Gasteiger partial charge in [0, 0.05) is 12.5 Å². The lowest BCUT2D eigenvalue weighted by molar-refractivity contribution is -0.146. The predicted molar refractivity (Wildman–Crippen MR) is 90.8 cm³/mol. The summed E-state index contributed by atoms with van der Waals surface area (Å²) in [5, 5.41) is 12.0. The van der Waals surface area contributed by atoms with E-state index in [1.807, 2.05) is 0 Å². The third-order valence-electron chi connectivity index (χ3n) is 4.44. The summed E-state index contributed by atoms with van der Waals surface area (Å²) in [6.07, 6.45) is 4.95. The molecule has 0 saturated heterocycles. The minimum absolute atomic E-state index is 0.0503. The van der Waals surface area contributed by atoms with Gasteiger partial charge in [0.1, 0.15) is 17.3 Å². The van der Waals surface area contributed by atoms with Crippen LogP contribution in [-0.2, 0) is 14.3 Å². The van der Waals surface area contributed by atoms with E-state index in [9.17, 15) is 14.4 Å². The van der Waals surface area contributed by atoms with Crippen LogP contribution >= 0.6 is 0 Å². The van der Waals surface area contributed by atoms with Crippen LogP contribution in [0.15, 0.2) is 0 Å². The number of carboxylic acid groups (broad SMARTS) is 1. The quantitative estimate of drug-likeness (QED) is 0.691. The normalized spacial score (nSPS) is 18.5. The van der Waals surface area contributed by atoms with Gasteiger partial charge in [-0.05, 0) is 46.0 Å². The van der Waals surface area contributed by atoms with Crippen LogP contribution < -0.4 is 5.32 Å². The van der Waals surface area contributed by atoms with E-state index < -0.39 is 23.6 Å². The highest BCUT2D eigenvalue weighted by atomic mass is 16.6. The van der Waals surface area contributed by atoms with E-state index >= 15 is 0 Å². The molecule has 1 aliphatic carbocycles. The summed E-state index contributed by atoms with van der Waals surface area (Å²) in [5.74, 6) is -2.23. The Morgan fingerprint density at radius 2 is 1.75 bits per heavy atom. The molecular formula is C18H31NO5. The molecule has 1 amide bonds. The van der Waals surface area contributed by atoms with E-state index in [-0.39, 0.29) is 30.6 Å². The van der Waals surface area contributed by atoms with Crippen LogP contribution in [0.5, 0.6) is 0 Å². The third kappa shape index (κ3) is 6.89. The summed E-state index contributed by atoms with van der Waals surface area (Å²) in [6, 6.07) is -0.360. The first-order valence-electron chi connectivity index (χ1n) is 8.89. The second kappa shape index (κ2) is 9.04. The number of amides is 1. The van der Waals surface area contributed by atoms with Crippen molar-refractivity contribution >= 4 is 17.8 Å². The van der Waals surface area contributed by atoms with Gasteiger partial charge in [-0.15, -0.1) is 0 Å². The Balaban J connectivity index is 2.79. The molecule has 1 rings (SSSR count). The first-order valence-corrected chi connectivity index (χ1v) is 8.89. The fourth-order valence-electron chi connectivity index (χ4n) is 3.23. The van der Waals surface area contributed by atoms with Gasteiger partial charge in [0.2, 0.25) is 0 Å². The smallest absolute Gasteiger partial charge is 0.407 e. The van der Waals surface area contributed by atoms with Gasteiger partial charge in [0.25, 0.3) is 0 Å². The molecule has 24 heavy (non-hydrogen) atoms. The second-order valence-electron chi connectivity index (χ2n) is 7.62. The largest absolute Gasteiger partial charge is 0.481 e. The molecule has 1 fully saturated rings. The van der Waals surface area contributed by atoms with Gasteiger partial charge < -0.3 is 15.2 Å². The Kier molecular flexibility index (Phi) is 7.70. The standard InChI is InChI=1S/C18H31NO5/c1-5-13(16(21)22)15(20)11-14(12-9-7-6-8-10-12)19-17(23)24-18(2,3)4/h12-14H,5-11H2,1-4H3,(H,19,23)(H,21,22). The Morgan fingerprint density at radius 3 is 2.21 bits per heavy atom. The zero-order chi connectivity index (χ0) is 18.3. The molecular weight excluding hydrogens is 310 g/mol. The lowest BCUT2D eigenvalue weighted by Gasteiger charge is -2.32. The molecule has 2 unspecified atom stereocenters. The van der Waals surface area contributed by atoms with Gasteiger partial charge in [-0.2, -0.15) is 0 Å². The third-order valence-corrected chi connectivity index (χ3v) is 4.44. The van der Waals surface area contributed by atoms with Gasteiger partial charge in [-0.25, -0.2) is 4.79 Å². The van der Waals surface area contributed by atoms with E-state index in [0.717, 1.165) is 32.1 Å². The number of aliphatic carboxylic acids is 1. The highest BCUT2D eigenvalue weighted by molar-refractivity contribution is 5.98. The molecule has 0 aromatic heterocycles. The van der Waals surface area contributed by atoms with Crippen molar-refractivity contribution in [1.29, 1.82) is 0 Å². The van der Waals surface area contributed by atoms with E-state index in [1.54, 1.807) is 27.7 Å². The van der Waals surface area contributed by atoms with Crippen LogP contribution in [0.1, 0.15) is 72.6 Å². The number of hydrogen-bond donors (Lipinski definition) is 2. The molecule has 0 spiro atoms. The van der Waals surface area contributed by atoms with Crippen molar-refractivity contribution in [2.75, 3.05) is 0 Å². The maximum atomic E-state index is 12.4. The number of rotatable bonds is 7. The summed E-state index contributed by atoms with van der Waals surface area (Å²) in [6.45, 7) is 7.04. The molecule has 0 aliphatic heterocycles. The van der Waals surface area contributed by atoms with Crippen LogP contribution in [0.2, 0.25) is 0 Å². The molecule has 6 nitrogen and oxygen atoms in total. The van der Waals surface area contributed by atoms with E-state index in [0.29, 0.717) is 0 Å². The highest BCUT2D eigenvalue weighted by Gasteiger charge is 2.32. The number of carboxylic acids is 1. The van der Waals surface area contributed by atoms with Crippen molar-refractivity contribution in [3.63, 3.8) is 0 Å². The van der Waals surface area contributed by atoms with Gasteiger partial charge >= 0.3 is 12.1 Å². The summed E-state index contributed by atoms with van der Waals surface area (Å²) < 4.78 is 5.30. The molecule has 0 radical (unpaired) electrons. The van der Waals surface area contributed by atoms with E-state index in [2.05, 4.69) is 5.32 Å². The van der Waals surface area contributed by atoms with Gasteiger partial charge in [-0.3, -0.25) is 9.59 Å².